The van der Waals surface area contributed by atoms with E-state index < -0.39 is 15.6 Å². The molecule has 1 heterocycles. The monoisotopic (exact) mass is 446 g/mol. The number of hydrogen-bond donors (Lipinski definition) is 3. The molecule has 0 saturated carbocycles. The van der Waals surface area contributed by atoms with Crippen molar-refractivity contribution in [2.24, 2.45) is 16.5 Å². The van der Waals surface area contributed by atoms with Crippen molar-refractivity contribution in [3.63, 3.8) is 0 Å². The predicted octanol–water partition coefficient (Wildman–Crippen LogP) is 3.73. The summed E-state index contributed by atoms with van der Waals surface area (Å²) in [4.78, 5) is 15.0. The minimum Gasteiger partial charge on any atom is -0.369 e. The van der Waals surface area contributed by atoms with Gasteiger partial charge in [0.2, 0.25) is 5.91 Å². The maximum atomic E-state index is 12.7. The average molecular weight is 447 g/mol. The third-order valence-electron chi connectivity index (χ3n) is 5.19. The van der Waals surface area contributed by atoms with Crippen LogP contribution in [0.25, 0.3) is 0 Å². The molecule has 0 atom stereocenters. The van der Waals surface area contributed by atoms with E-state index in [1.54, 1.807) is 0 Å². The van der Waals surface area contributed by atoms with Crippen LogP contribution in [-0.4, -0.2) is 27.4 Å². The summed E-state index contributed by atoms with van der Waals surface area (Å²) in [5, 5.41) is 8.31. The van der Waals surface area contributed by atoms with Crippen LogP contribution in [0.3, 0.4) is 0 Å². The number of hydrogen-bond acceptors (Lipinski definition) is 4. The molecule has 9 heteroatoms. The quantitative estimate of drug-likeness (QED) is 0.619. The molecule has 1 amide bonds. The fraction of sp³-hybridized carbons (Fsp3) is 0.650. The number of nitrogens with zero attached hydrogens (tertiary/aromatic N) is 1. The number of amides is 1. The summed E-state index contributed by atoms with van der Waals surface area (Å²) in [5.74, 6) is 0.459. The molecule has 1 aromatic rings. The molecule has 0 fully saturated rings. The van der Waals surface area contributed by atoms with E-state index in [0.717, 1.165) is 42.7 Å². The Morgan fingerprint density at radius 1 is 1.17 bits per heavy atom. The van der Waals surface area contributed by atoms with Crippen LogP contribution in [0.2, 0.25) is 0 Å². The normalized spacial score (nSPS) is 13.9. The molecule has 166 valence electrons. The first-order chi connectivity index (χ1) is 12.7. The molecule has 0 aromatic heterocycles. The van der Waals surface area contributed by atoms with Crippen molar-refractivity contribution in [1.82, 2.24) is 0 Å². The summed E-state index contributed by atoms with van der Waals surface area (Å²) in [7, 11) is -3.92. The molecule has 1 aromatic carbocycles. The standard InChI is InChI=1S/C20H34N4O3S.ClH/c1-12(2)8-10-24-11-9-15-13(3)16(23-28(21,26)27)14(4)17(18(15)24)22-19(25)20(5,6)7;/h12,23H,8-11H2,1-7H3,(H,22,25)(H2,21,26,27);1H. The van der Waals surface area contributed by atoms with Gasteiger partial charge in [-0.2, -0.15) is 8.42 Å². The second kappa shape index (κ2) is 9.10. The number of anilines is 3. The van der Waals surface area contributed by atoms with Crippen molar-refractivity contribution < 1.29 is 13.2 Å². The molecule has 1 aliphatic heterocycles. The lowest BCUT2D eigenvalue weighted by atomic mass is 9.94. The zero-order valence-corrected chi connectivity index (χ0v) is 20.1. The van der Waals surface area contributed by atoms with Crippen molar-refractivity contribution in [3.8, 4) is 0 Å². The smallest absolute Gasteiger partial charge is 0.296 e. The topological polar surface area (TPSA) is 105 Å². The summed E-state index contributed by atoms with van der Waals surface area (Å²) >= 11 is 0. The number of nitrogens with one attached hydrogen (secondary N) is 2. The molecule has 29 heavy (non-hydrogen) atoms. The Hall–Kier alpha value is -1.51. The van der Waals surface area contributed by atoms with Gasteiger partial charge in [-0.05, 0) is 49.3 Å². The highest BCUT2D eigenvalue weighted by molar-refractivity contribution is 7.90. The first-order valence-corrected chi connectivity index (χ1v) is 11.3. The summed E-state index contributed by atoms with van der Waals surface area (Å²) < 4.78 is 25.9. The van der Waals surface area contributed by atoms with Gasteiger partial charge in [-0.1, -0.05) is 34.6 Å². The number of rotatable bonds is 6. The zero-order valence-electron chi connectivity index (χ0n) is 18.5. The van der Waals surface area contributed by atoms with E-state index >= 15 is 0 Å². The van der Waals surface area contributed by atoms with E-state index in [9.17, 15) is 13.2 Å². The van der Waals surface area contributed by atoms with Gasteiger partial charge >= 0.3 is 0 Å². The van der Waals surface area contributed by atoms with E-state index in [1.807, 2.05) is 34.6 Å². The fourth-order valence-corrected chi connectivity index (χ4v) is 4.05. The fourth-order valence-electron chi connectivity index (χ4n) is 3.46. The van der Waals surface area contributed by atoms with Gasteiger partial charge in [-0.25, -0.2) is 5.14 Å². The maximum absolute atomic E-state index is 12.7. The number of halogens is 1. The molecule has 0 aliphatic carbocycles. The Labute approximate surface area is 181 Å². The highest BCUT2D eigenvalue weighted by Gasteiger charge is 2.31. The Morgan fingerprint density at radius 3 is 2.24 bits per heavy atom. The lowest BCUT2D eigenvalue weighted by molar-refractivity contribution is -0.123. The lowest BCUT2D eigenvalue weighted by Gasteiger charge is -2.28. The van der Waals surface area contributed by atoms with E-state index in [2.05, 4.69) is 28.8 Å². The first kappa shape index (κ1) is 25.5. The molecule has 7 nitrogen and oxygen atoms in total. The van der Waals surface area contributed by atoms with Crippen LogP contribution in [0.15, 0.2) is 0 Å². The van der Waals surface area contributed by atoms with Crippen molar-refractivity contribution in [2.75, 3.05) is 28.0 Å². The number of benzene rings is 1. The SMILES string of the molecule is Cc1c2c(c(NC(=O)C(C)(C)C)c(C)c1NS(N)(=O)=O)N(CCC(C)C)CC2.Cl. The molecule has 0 unspecified atom stereocenters. The predicted molar refractivity (Wildman–Crippen MR) is 123 cm³/mol. The summed E-state index contributed by atoms with van der Waals surface area (Å²) in [5.41, 5.74) is 4.17. The summed E-state index contributed by atoms with van der Waals surface area (Å²) in [6, 6.07) is 0. The van der Waals surface area contributed by atoms with Crippen molar-refractivity contribution in [1.29, 1.82) is 0 Å². The molecule has 0 bridgehead atoms. The highest BCUT2D eigenvalue weighted by Crippen LogP contribution is 2.45. The lowest BCUT2D eigenvalue weighted by Crippen LogP contribution is -2.30. The highest BCUT2D eigenvalue weighted by atomic mass is 35.5. The third-order valence-corrected chi connectivity index (χ3v) is 5.68. The van der Waals surface area contributed by atoms with Gasteiger partial charge in [-0.15, -0.1) is 12.4 Å². The van der Waals surface area contributed by atoms with Crippen LogP contribution in [0.4, 0.5) is 17.1 Å². The Balaban J connectivity index is 0.00000420. The van der Waals surface area contributed by atoms with Gasteiger partial charge in [0.15, 0.2) is 0 Å². The third kappa shape index (κ3) is 5.99. The molecule has 1 aliphatic rings. The molecule has 4 N–H and O–H groups in total. The van der Waals surface area contributed by atoms with Gasteiger partial charge in [0.1, 0.15) is 0 Å². The molecule has 0 spiro atoms. The van der Waals surface area contributed by atoms with E-state index in [4.69, 9.17) is 5.14 Å². The maximum Gasteiger partial charge on any atom is 0.296 e. The Kier molecular flexibility index (Phi) is 8.01. The number of carbonyl (C=O) groups excluding carboxylic acids is 1. The molecule has 0 radical (unpaired) electrons. The number of nitrogens with two attached hydrogens (primary N) is 1. The summed E-state index contributed by atoms with van der Waals surface area (Å²) in [6.45, 7) is 15.4. The second-order valence-electron chi connectivity index (χ2n) is 9.10. The van der Waals surface area contributed by atoms with Gasteiger partial charge in [0.05, 0.1) is 17.1 Å². The zero-order chi connectivity index (χ0) is 21.4. The summed E-state index contributed by atoms with van der Waals surface area (Å²) in [6.07, 6.45) is 1.85. The number of fused-ring (bicyclic) bond motifs is 1. The molecular weight excluding hydrogens is 412 g/mol. The molecule has 2 rings (SSSR count). The Bertz CT molecular complexity index is 877. The van der Waals surface area contributed by atoms with E-state index in [1.165, 1.54) is 0 Å². The van der Waals surface area contributed by atoms with Crippen molar-refractivity contribution in [2.45, 2.75) is 61.3 Å². The first-order valence-electron chi connectivity index (χ1n) is 9.75. The number of carbonyl (C=O) groups is 1. The van der Waals surface area contributed by atoms with Crippen LogP contribution in [-0.2, 0) is 21.4 Å². The molecular formula is C20H35ClN4O3S. The van der Waals surface area contributed by atoms with Gasteiger partial charge in [0, 0.05) is 18.5 Å². The van der Waals surface area contributed by atoms with Gasteiger partial charge < -0.3 is 10.2 Å². The molecule has 0 saturated heterocycles. The largest absolute Gasteiger partial charge is 0.369 e. The minimum atomic E-state index is -3.92. The van der Waals surface area contributed by atoms with Crippen LogP contribution in [0.1, 0.15) is 57.7 Å². The van der Waals surface area contributed by atoms with E-state index in [0.29, 0.717) is 22.9 Å². The Morgan fingerprint density at radius 2 is 1.76 bits per heavy atom. The second-order valence-corrected chi connectivity index (χ2v) is 10.4. The minimum absolute atomic E-state index is 0. The van der Waals surface area contributed by atoms with Crippen molar-refractivity contribution >= 4 is 45.6 Å². The van der Waals surface area contributed by atoms with Crippen LogP contribution in [0.5, 0.6) is 0 Å². The van der Waals surface area contributed by atoms with Crippen LogP contribution in [0, 0.1) is 25.2 Å². The van der Waals surface area contributed by atoms with Crippen LogP contribution >= 0.6 is 12.4 Å². The van der Waals surface area contributed by atoms with E-state index in [-0.39, 0.29) is 18.3 Å². The average Bonchev–Trinajstić information content (AvgIpc) is 2.95. The van der Waals surface area contributed by atoms with Crippen molar-refractivity contribution in [3.05, 3.63) is 16.7 Å². The van der Waals surface area contributed by atoms with Crippen LogP contribution < -0.4 is 20.1 Å². The van der Waals surface area contributed by atoms with Gasteiger partial charge in [-0.3, -0.25) is 9.52 Å². The van der Waals surface area contributed by atoms with Gasteiger partial charge in [0.25, 0.3) is 10.2 Å².